The molecule has 1 aromatic carbocycles. The number of anilines is 2. The number of hydrogen-bond donors (Lipinski definition) is 2. The maximum Gasteiger partial charge on any atom is 0.325 e. The number of hydrogen-bond acceptors (Lipinski definition) is 4. The van der Waals surface area contributed by atoms with Gasteiger partial charge in [0.05, 0.1) is 18.5 Å². The first-order chi connectivity index (χ1) is 9.58. The summed E-state index contributed by atoms with van der Waals surface area (Å²) in [6, 6.07) is 4.54. The number of rotatable bonds is 4. The van der Waals surface area contributed by atoms with Crippen LogP contribution >= 0.6 is 11.6 Å². The largest absolute Gasteiger partial charge is 0.492 e. The van der Waals surface area contributed by atoms with Crippen molar-refractivity contribution in [2.75, 3.05) is 17.2 Å². The number of ether oxygens (including phenoxy) is 1. The van der Waals surface area contributed by atoms with Crippen molar-refractivity contribution < 1.29 is 9.53 Å². The van der Waals surface area contributed by atoms with Gasteiger partial charge in [-0.05, 0) is 19.1 Å². The Morgan fingerprint density at radius 3 is 2.90 bits per heavy atom. The molecule has 0 spiro atoms. The first-order valence-corrected chi connectivity index (χ1v) is 6.33. The first-order valence-electron chi connectivity index (χ1n) is 5.95. The van der Waals surface area contributed by atoms with Crippen LogP contribution in [0.4, 0.5) is 16.3 Å². The second kappa shape index (κ2) is 6.25. The number of carbonyl (C=O) groups excluding carboxylic acids is 1. The SMILES string of the molecule is CCOc1cc(Cl)ccc1NC(=O)Nc1cn(C)nn1. The molecule has 2 N–H and O–H groups in total. The van der Waals surface area contributed by atoms with Crippen LogP contribution in [0.25, 0.3) is 0 Å². The van der Waals surface area contributed by atoms with Crippen molar-refractivity contribution in [1.29, 1.82) is 0 Å². The topological polar surface area (TPSA) is 81.1 Å². The fourth-order valence-corrected chi connectivity index (χ4v) is 1.71. The Hall–Kier alpha value is -2.28. The lowest BCUT2D eigenvalue weighted by Gasteiger charge is -2.11. The summed E-state index contributed by atoms with van der Waals surface area (Å²) >= 11 is 5.89. The number of aromatic nitrogens is 3. The molecule has 0 bridgehead atoms. The van der Waals surface area contributed by atoms with Crippen molar-refractivity contribution in [2.24, 2.45) is 7.05 Å². The summed E-state index contributed by atoms with van der Waals surface area (Å²) < 4.78 is 6.90. The number of aryl methyl sites for hydroxylation is 1. The van der Waals surface area contributed by atoms with E-state index in [9.17, 15) is 4.79 Å². The van der Waals surface area contributed by atoms with Crippen LogP contribution in [0.5, 0.6) is 5.75 Å². The summed E-state index contributed by atoms with van der Waals surface area (Å²) in [6.45, 7) is 2.32. The average molecular weight is 296 g/mol. The van der Waals surface area contributed by atoms with E-state index in [0.29, 0.717) is 28.9 Å². The third-order valence-corrected chi connectivity index (χ3v) is 2.57. The summed E-state index contributed by atoms with van der Waals surface area (Å²) in [6.07, 6.45) is 1.59. The molecule has 8 heteroatoms. The lowest BCUT2D eigenvalue weighted by Crippen LogP contribution is -2.20. The second-order valence-corrected chi connectivity index (χ2v) is 4.37. The Balaban J connectivity index is 2.07. The van der Waals surface area contributed by atoms with Crippen LogP contribution in [0.1, 0.15) is 6.92 Å². The highest BCUT2D eigenvalue weighted by atomic mass is 35.5. The van der Waals surface area contributed by atoms with Crippen LogP contribution in [0.3, 0.4) is 0 Å². The molecule has 2 aromatic rings. The fourth-order valence-electron chi connectivity index (χ4n) is 1.55. The third-order valence-electron chi connectivity index (χ3n) is 2.34. The lowest BCUT2D eigenvalue weighted by atomic mass is 10.3. The van der Waals surface area contributed by atoms with Crippen LogP contribution in [0.2, 0.25) is 5.02 Å². The van der Waals surface area contributed by atoms with Crippen molar-refractivity contribution in [3.63, 3.8) is 0 Å². The van der Waals surface area contributed by atoms with Gasteiger partial charge in [-0.1, -0.05) is 16.8 Å². The number of nitrogens with one attached hydrogen (secondary N) is 2. The quantitative estimate of drug-likeness (QED) is 0.908. The highest BCUT2D eigenvalue weighted by Gasteiger charge is 2.10. The summed E-state index contributed by atoms with van der Waals surface area (Å²) in [5.41, 5.74) is 0.526. The maximum atomic E-state index is 11.8. The Labute approximate surface area is 120 Å². The van der Waals surface area contributed by atoms with Crippen molar-refractivity contribution in [3.8, 4) is 5.75 Å². The fraction of sp³-hybridized carbons (Fsp3) is 0.250. The molecule has 2 amide bonds. The van der Waals surface area contributed by atoms with E-state index >= 15 is 0 Å². The van der Waals surface area contributed by atoms with Gasteiger partial charge < -0.3 is 10.1 Å². The van der Waals surface area contributed by atoms with Crippen LogP contribution in [0.15, 0.2) is 24.4 Å². The number of halogens is 1. The highest BCUT2D eigenvalue weighted by molar-refractivity contribution is 6.30. The molecule has 0 aliphatic rings. The van der Waals surface area contributed by atoms with Crippen molar-refractivity contribution in [1.82, 2.24) is 15.0 Å². The third kappa shape index (κ3) is 3.61. The second-order valence-electron chi connectivity index (χ2n) is 3.93. The number of amides is 2. The molecule has 20 heavy (non-hydrogen) atoms. The molecule has 0 atom stereocenters. The van der Waals surface area contributed by atoms with Crippen LogP contribution < -0.4 is 15.4 Å². The summed E-state index contributed by atoms with van der Waals surface area (Å²) in [7, 11) is 1.71. The van der Waals surface area contributed by atoms with Crippen LogP contribution in [-0.4, -0.2) is 27.6 Å². The first kappa shape index (κ1) is 14.1. The molecule has 0 saturated heterocycles. The molecule has 0 radical (unpaired) electrons. The lowest BCUT2D eigenvalue weighted by molar-refractivity contribution is 0.262. The number of urea groups is 1. The molecule has 0 fully saturated rings. The van der Waals surface area contributed by atoms with Gasteiger partial charge in [0.1, 0.15) is 5.75 Å². The molecule has 1 aromatic heterocycles. The van der Waals surface area contributed by atoms with Gasteiger partial charge >= 0.3 is 6.03 Å². The Kier molecular flexibility index (Phi) is 4.41. The van der Waals surface area contributed by atoms with Gasteiger partial charge in [-0.3, -0.25) is 10.00 Å². The zero-order chi connectivity index (χ0) is 14.5. The monoisotopic (exact) mass is 295 g/mol. The van der Waals surface area contributed by atoms with E-state index in [1.54, 1.807) is 31.4 Å². The molecule has 0 saturated carbocycles. The Morgan fingerprint density at radius 1 is 1.45 bits per heavy atom. The molecule has 0 aliphatic carbocycles. The minimum atomic E-state index is -0.436. The van der Waals surface area contributed by atoms with E-state index in [4.69, 9.17) is 16.3 Å². The zero-order valence-electron chi connectivity index (χ0n) is 11.1. The summed E-state index contributed by atoms with van der Waals surface area (Å²) in [5.74, 6) is 0.867. The highest BCUT2D eigenvalue weighted by Crippen LogP contribution is 2.28. The number of benzene rings is 1. The van der Waals surface area contributed by atoms with Crippen molar-refractivity contribution >= 4 is 29.1 Å². The van der Waals surface area contributed by atoms with E-state index in [-0.39, 0.29) is 0 Å². The molecule has 7 nitrogen and oxygen atoms in total. The van der Waals surface area contributed by atoms with Crippen LogP contribution in [0, 0.1) is 0 Å². The molecule has 0 aliphatic heterocycles. The zero-order valence-corrected chi connectivity index (χ0v) is 11.8. The van der Waals surface area contributed by atoms with E-state index < -0.39 is 6.03 Å². The minimum absolute atomic E-state index is 0.358. The van der Waals surface area contributed by atoms with Gasteiger partial charge in [0, 0.05) is 18.1 Å². The average Bonchev–Trinajstić information content (AvgIpc) is 2.78. The molecule has 1 heterocycles. The summed E-state index contributed by atoms with van der Waals surface area (Å²) in [5, 5.41) is 13.2. The normalized spacial score (nSPS) is 10.2. The van der Waals surface area contributed by atoms with Gasteiger partial charge in [0.25, 0.3) is 0 Å². The van der Waals surface area contributed by atoms with E-state index in [1.807, 2.05) is 6.92 Å². The molecule has 106 valence electrons. The van der Waals surface area contributed by atoms with Crippen LogP contribution in [-0.2, 0) is 7.05 Å². The molecule has 2 rings (SSSR count). The van der Waals surface area contributed by atoms with Gasteiger partial charge in [-0.2, -0.15) is 0 Å². The maximum absolute atomic E-state index is 11.8. The van der Waals surface area contributed by atoms with E-state index in [0.717, 1.165) is 0 Å². The van der Waals surface area contributed by atoms with E-state index in [2.05, 4.69) is 20.9 Å². The minimum Gasteiger partial charge on any atom is -0.492 e. The van der Waals surface area contributed by atoms with Gasteiger partial charge in [-0.25, -0.2) is 4.79 Å². The summed E-state index contributed by atoms with van der Waals surface area (Å²) in [4.78, 5) is 11.8. The van der Waals surface area contributed by atoms with Gasteiger partial charge in [-0.15, -0.1) is 5.10 Å². The molecule has 0 unspecified atom stereocenters. The predicted molar refractivity (Wildman–Crippen MR) is 76.3 cm³/mol. The standard InChI is InChI=1S/C12H14ClN5O2/c1-3-20-10-6-8(13)4-5-9(10)14-12(19)15-11-7-18(2)17-16-11/h4-7H,3H2,1-2H3,(H2,14,15,19). The van der Waals surface area contributed by atoms with E-state index in [1.165, 1.54) is 4.68 Å². The van der Waals surface area contributed by atoms with Gasteiger partial charge in [0.2, 0.25) is 0 Å². The van der Waals surface area contributed by atoms with Crippen molar-refractivity contribution in [3.05, 3.63) is 29.4 Å². The number of nitrogens with zero attached hydrogens (tertiary/aromatic N) is 3. The predicted octanol–water partition coefficient (Wildman–Crippen LogP) is 2.51. The Morgan fingerprint density at radius 2 is 2.25 bits per heavy atom. The molecular weight excluding hydrogens is 282 g/mol. The number of carbonyl (C=O) groups is 1. The smallest absolute Gasteiger partial charge is 0.325 e. The van der Waals surface area contributed by atoms with Crippen molar-refractivity contribution in [2.45, 2.75) is 6.92 Å². The Bertz CT molecular complexity index is 614. The van der Waals surface area contributed by atoms with Gasteiger partial charge in [0.15, 0.2) is 5.82 Å². The molecular formula is C12H14ClN5O2.